The maximum absolute atomic E-state index is 13.0. The molecule has 130 valence electrons. The highest BCUT2D eigenvalue weighted by molar-refractivity contribution is 6.32. The van der Waals surface area contributed by atoms with Crippen molar-refractivity contribution >= 4 is 22.8 Å². The second-order valence-electron chi connectivity index (χ2n) is 5.56. The fourth-order valence-electron chi connectivity index (χ4n) is 2.64. The summed E-state index contributed by atoms with van der Waals surface area (Å²) in [7, 11) is 0. The monoisotopic (exact) mass is 374 g/mol. The van der Waals surface area contributed by atoms with E-state index in [0.29, 0.717) is 10.7 Å². The highest BCUT2D eigenvalue weighted by Gasteiger charge is 2.31. The molecule has 0 unspecified atom stereocenters. The minimum atomic E-state index is -4.48. The Bertz CT molecular complexity index is 1090. The highest BCUT2D eigenvalue weighted by Crippen LogP contribution is 2.32. The Hall–Kier alpha value is -2.93. The number of hydrogen-bond acceptors (Lipinski definition) is 3. The summed E-state index contributed by atoms with van der Waals surface area (Å²) in [5.41, 5.74) is 1.66. The number of pyridine rings is 2. The van der Waals surface area contributed by atoms with Crippen LogP contribution in [0.5, 0.6) is 0 Å². The number of fused-ring (bicyclic) bond motifs is 1. The van der Waals surface area contributed by atoms with Gasteiger partial charge in [-0.2, -0.15) is 13.2 Å². The fourth-order valence-corrected chi connectivity index (χ4v) is 2.91. The Morgan fingerprint density at radius 3 is 2.50 bits per heavy atom. The van der Waals surface area contributed by atoms with Crippen molar-refractivity contribution in [2.45, 2.75) is 6.18 Å². The topological polar surface area (TPSA) is 43.6 Å². The van der Waals surface area contributed by atoms with Gasteiger partial charge in [0.25, 0.3) is 0 Å². The fraction of sp³-hybridized carbons (Fsp3) is 0.0556. The number of nitrogens with zero attached hydrogens (tertiary/aromatic N) is 4. The molecule has 0 fully saturated rings. The summed E-state index contributed by atoms with van der Waals surface area (Å²) in [5.74, 6) is 0. The molecule has 3 heterocycles. The zero-order valence-electron chi connectivity index (χ0n) is 13.1. The van der Waals surface area contributed by atoms with Gasteiger partial charge in [0.2, 0.25) is 0 Å². The summed E-state index contributed by atoms with van der Waals surface area (Å²) in [6.45, 7) is 0. The van der Waals surface area contributed by atoms with Crippen molar-refractivity contribution in [1.82, 2.24) is 19.5 Å². The van der Waals surface area contributed by atoms with E-state index in [1.807, 2.05) is 18.2 Å². The van der Waals surface area contributed by atoms with Crippen molar-refractivity contribution < 1.29 is 13.2 Å². The van der Waals surface area contributed by atoms with Crippen molar-refractivity contribution in [3.05, 3.63) is 71.8 Å². The third-order valence-electron chi connectivity index (χ3n) is 3.90. The number of halogens is 4. The van der Waals surface area contributed by atoms with Crippen LogP contribution >= 0.6 is 11.6 Å². The van der Waals surface area contributed by atoms with E-state index in [4.69, 9.17) is 11.6 Å². The first-order valence-corrected chi connectivity index (χ1v) is 7.93. The second-order valence-corrected chi connectivity index (χ2v) is 5.97. The molecule has 0 aliphatic heterocycles. The first-order valence-electron chi connectivity index (χ1n) is 7.55. The summed E-state index contributed by atoms with van der Waals surface area (Å²) in [6.07, 6.45) is -0.640. The van der Waals surface area contributed by atoms with E-state index in [2.05, 4.69) is 15.0 Å². The lowest BCUT2D eigenvalue weighted by molar-refractivity contribution is -0.137. The summed E-state index contributed by atoms with van der Waals surface area (Å²) in [5, 5.41) is 0.366. The Balaban J connectivity index is 1.83. The molecule has 0 saturated carbocycles. The molecule has 0 atom stereocenters. The van der Waals surface area contributed by atoms with Crippen molar-refractivity contribution in [2.75, 3.05) is 0 Å². The van der Waals surface area contributed by atoms with Crippen LogP contribution in [0.1, 0.15) is 5.56 Å². The van der Waals surface area contributed by atoms with Crippen LogP contribution in [0.2, 0.25) is 5.02 Å². The lowest BCUT2D eigenvalue weighted by Gasteiger charge is -2.10. The average Bonchev–Trinajstić information content (AvgIpc) is 3.05. The molecule has 26 heavy (non-hydrogen) atoms. The first kappa shape index (κ1) is 16.5. The zero-order chi connectivity index (χ0) is 18.3. The third kappa shape index (κ3) is 2.90. The van der Waals surface area contributed by atoms with Crippen molar-refractivity contribution in [3.63, 3.8) is 0 Å². The van der Waals surface area contributed by atoms with Gasteiger partial charge in [-0.15, -0.1) is 0 Å². The summed E-state index contributed by atoms with van der Waals surface area (Å²) in [4.78, 5) is 12.1. The first-order chi connectivity index (χ1) is 12.4. The molecule has 3 aromatic heterocycles. The molecule has 0 amide bonds. The number of rotatable bonds is 2. The molecule has 4 nitrogen and oxygen atoms in total. The van der Waals surface area contributed by atoms with E-state index in [0.717, 1.165) is 23.5 Å². The lowest BCUT2D eigenvalue weighted by Crippen LogP contribution is -2.06. The number of benzene rings is 1. The molecule has 0 saturated heterocycles. The largest absolute Gasteiger partial charge is 0.417 e. The van der Waals surface area contributed by atoms with Crippen LogP contribution in [-0.4, -0.2) is 19.5 Å². The van der Waals surface area contributed by atoms with Gasteiger partial charge in [-0.25, -0.2) is 9.97 Å². The van der Waals surface area contributed by atoms with Crippen LogP contribution in [0.4, 0.5) is 13.2 Å². The number of imidazole rings is 1. The number of alkyl halides is 3. The minimum Gasteiger partial charge on any atom is -0.296 e. The SMILES string of the molecule is FC(F)(F)c1cnc2ncn(-c3ccc(-c4ccccn4)cc3Cl)c2c1. The van der Waals surface area contributed by atoms with E-state index in [1.165, 1.54) is 10.9 Å². The van der Waals surface area contributed by atoms with E-state index in [9.17, 15) is 13.2 Å². The minimum absolute atomic E-state index is 0.211. The number of aromatic nitrogens is 4. The van der Waals surface area contributed by atoms with E-state index >= 15 is 0 Å². The van der Waals surface area contributed by atoms with Crippen LogP contribution in [0, 0.1) is 0 Å². The van der Waals surface area contributed by atoms with Gasteiger partial charge in [0.05, 0.1) is 27.5 Å². The zero-order valence-corrected chi connectivity index (χ0v) is 13.8. The van der Waals surface area contributed by atoms with Gasteiger partial charge in [0.1, 0.15) is 6.33 Å². The average molecular weight is 375 g/mol. The van der Waals surface area contributed by atoms with Crippen LogP contribution in [0.15, 0.2) is 61.2 Å². The van der Waals surface area contributed by atoms with E-state index in [-0.39, 0.29) is 11.2 Å². The Labute approximate surface area is 150 Å². The van der Waals surface area contributed by atoms with E-state index < -0.39 is 11.7 Å². The summed E-state index contributed by atoms with van der Waals surface area (Å²) in [6, 6.07) is 11.8. The summed E-state index contributed by atoms with van der Waals surface area (Å²) < 4.78 is 40.4. The Morgan fingerprint density at radius 1 is 0.962 bits per heavy atom. The van der Waals surface area contributed by atoms with Gasteiger partial charge in [0, 0.05) is 18.0 Å². The maximum Gasteiger partial charge on any atom is 0.417 e. The maximum atomic E-state index is 13.0. The van der Waals surface area contributed by atoms with Gasteiger partial charge in [-0.3, -0.25) is 9.55 Å². The highest BCUT2D eigenvalue weighted by atomic mass is 35.5. The van der Waals surface area contributed by atoms with Crippen LogP contribution in [0.25, 0.3) is 28.1 Å². The molecule has 0 bridgehead atoms. The molecular formula is C18H10ClF3N4. The van der Waals surface area contributed by atoms with Gasteiger partial charge in [-0.1, -0.05) is 23.7 Å². The molecule has 0 spiro atoms. The van der Waals surface area contributed by atoms with Crippen molar-refractivity contribution in [3.8, 4) is 16.9 Å². The quantitative estimate of drug-likeness (QED) is 0.487. The molecule has 4 aromatic rings. The molecule has 0 aliphatic carbocycles. The smallest absolute Gasteiger partial charge is 0.296 e. The normalized spacial score (nSPS) is 11.8. The summed E-state index contributed by atoms with van der Waals surface area (Å²) >= 11 is 6.38. The molecule has 1 aromatic carbocycles. The molecule has 0 radical (unpaired) electrons. The van der Waals surface area contributed by atoms with Crippen molar-refractivity contribution in [2.24, 2.45) is 0 Å². The molecule has 8 heteroatoms. The Morgan fingerprint density at radius 2 is 1.81 bits per heavy atom. The predicted molar refractivity (Wildman–Crippen MR) is 92.1 cm³/mol. The number of hydrogen-bond donors (Lipinski definition) is 0. The standard InChI is InChI=1S/C18H10ClF3N4/c19-13-7-11(14-3-1-2-6-23-14)4-5-15(13)26-10-25-17-16(26)8-12(9-24-17)18(20,21)22/h1-10H. The van der Waals surface area contributed by atoms with Crippen LogP contribution in [-0.2, 0) is 6.18 Å². The third-order valence-corrected chi connectivity index (χ3v) is 4.20. The van der Waals surface area contributed by atoms with Crippen LogP contribution < -0.4 is 0 Å². The molecule has 0 aliphatic rings. The molecular weight excluding hydrogens is 365 g/mol. The van der Waals surface area contributed by atoms with Crippen molar-refractivity contribution in [1.29, 1.82) is 0 Å². The van der Waals surface area contributed by atoms with Gasteiger partial charge < -0.3 is 0 Å². The Kier molecular flexibility index (Phi) is 3.88. The lowest BCUT2D eigenvalue weighted by atomic mass is 10.1. The molecule has 0 N–H and O–H groups in total. The van der Waals surface area contributed by atoms with Gasteiger partial charge in [-0.05, 0) is 30.3 Å². The predicted octanol–water partition coefficient (Wildman–Crippen LogP) is 5.15. The van der Waals surface area contributed by atoms with Crippen LogP contribution in [0.3, 0.4) is 0 Å². The molecule has 4 rings (SSSR count). The van der Waals surface area contributed by atoms with E-state index in [1.54, 1.807) is 24.4 Å². The second kappa shape index (κ2) is 6.10. The van der Waals surface area contributed by atoms with Gasteiger partial charge in [0.15, 0.2) is 5.65 Å². The van der Waals surface area contributed by atoms with Gasteiger partial charge >= 0.3 is 6.18 Å².